The van der Waals surface area contributed by atoms with Gasteiger partial charge in [-0.1, -0.05) is 0 Å². The maximum Gasteiger partial charge on any atom is 0.274 e. The summed E-state index contributed by atoms with van der Waals surface area (Å²) in [5, 5.41) is 8.57. The molecular formula is C10H11N3O2. The van der Waals surface area contributed by atoms with Crippen LogP contribution in [-0.4, -0.2) is 12.0 Å². The Bertz CT molecular complexity index is 381. The van der Waals surface area contributed by atoms with E-state index in [0.29, 0.717) is 11.3 Å². The molecule has 0 aliphatic carbocycles. The third kappa shape index (κ3) is 2.97. The third-order valence-corrected chi connectivity index (χ3v) is 1.81. The van der Waals surface area contributed by atoms with Gasteiger partial charge in [0, 0.05) is 0 Å². The number of carbonyl (C=O) groups excluding carboxylic acids is 1. The molecular weight excluding hydrogens is 194 g/mol. The van der Waals surface area contributed by atoms with Gasteiger partial charge in [0.15, 0.2) is 6.10 Å². The number of hydrazine groups is 1. The highest BCUT2D eigenvalue weighted by Gasteiger charge is 2.12. The molecule has 3 N–H and O–H groups in total. The molecule has 1 atom stereocenters. The lowest BCUT2D eigenvalue weighted by atomic mass is 10.2. The number of hydrogen-bond acceptors (Lipinski definition) is 4. The Morgan fingerprint density at radius 2 is 2.13 bits per heavy atom. The first-order valence-corrected chi connectivity index (χ1v) is 4.34. The first-order chi connectivity index (χ1) is 7.17. The molecule has 0 saturated carbocycles. The van der Waals surface area contributed by atoms with Gasteiger partial charge in [0.05, 0.1) is 11.6 Å². The van der Waals surface area contributed by atoms with Crippen LogP contribution in [0.2, 0.25) is 0 Å². The summed E-state index contributed by atoms with van der Waals surface area (Å²) in [5.41, 5.74) is 2.53. The van der Waals surface area contributed by atoms with Gasteiger partial charge in [-0.3, -0.25) is 10.2 Å². The van der Waals surface area contributed by atoms with Gasteiger partial charge in [-0.25, -0.2) is 5.84 Å². The lowest BCUT2D eigenvalue weighted by Gasteiger charge is -2.12. The minimum absolute atomic E-state index is 0.403. The predicted octanol–water partition coefficient (Wildman–Crippen LogP) is 0.315. The Labute approximate surface area is 87.4 Å². The Hall–Kier alpha value is -2.06. The summed E-state index contributed by atoms with van der Waals surface area (Å²) in [5.74, 6) is 5.06. The summed E-state index contributed by atoms with van der Waals surface area (Å²) < 4.78 is 5.27. The van der Waals surface area contributed by atoms with Crippen LogP contribution in [0.4, 0.5) is 0 Å². The fourth-order valence-electron chi connectivity index (χ4n) is 0.983. The number of nitrogens with zero attached hydrogens (tertiary/aromatic N) is 1. The molecule has 0 aromatic heterocycles. The zero-order valence-corrected chi connectivity index (χ0v) is 8.23. The van der Waals surface area contributed by atoms with Crippen molar-refractivity contribution in [3.8, 4) is 11.8 Å². The monoisotopic (exact) mass is 205 g/mol. The summed E-state index contributed by atoms with van der Waals surface area (Å²) in [7, 11) is 0. The van der Waals surface area contributed by atoms with E-state index in [1.807, 2.05) is 11.5 Å². The average molecular weight is 205 g/mol. The summed E-state index contributed by atoms with van der Waals surface area (Å²) in [6.45, 7) is 1.58. The number of rotatable bonds is 3. The second-order valence-electron chi connectivity index (χ2n) is 2.90. The topological polar surface area (TPSA) is 88.1 Å². The summed E-state index contributed by atoms with van der Waals surface area (Å²) in [6, 6.07) is 8.46. The zero-order valence-electron chi connectivity index (χ0n) is 8.23. The lowest BCUT2D eigenvalue weighted by Crippen LogP contribution is -2.40. The van der Waals surface area contributed by atoms with E-state index in [2.05, 4.69) is 0 Å². The molecule has 0 radical (unpaired) electrons. The molecule has 1 rings (SSSR count). The highest BCUT2D eigenvalue weighted by molar-refractivity contribution is 5.80. The van der Waals surface area contributed by atoms with Crippen molar-refractivity contribution in [2.75, 3.05) is 0 Å². The van der Waals surface area contributed by atoms with Crippen molar-refractivity contribution in [1.29, 1.82) is 5.26 Å². The van der Waals surface area contributed by atoms with Crippen LogP contribution in [0.15, 0.2) is 24.3 Å². The second-order valence-corrected chi connectivity index (χ2v) is 2.90. The van der Waals surface area contributed by atoms with Gasteiger partial charge in [-0.2, -0.15) is 5.26 Å². The predicted molar refractivity (Wildman–Crippen MR) is 53.6 cm³/mol. The van der Waals surface area contributed by atoms with E-state index < -0.39 is 12.0 Å². The molecule has 0 fully saturated rings. The largest absolute Gasteiger partial charge is 0.481 e. The zero-order chi connectivity index (χ0) is 11.3. The maximum absolute atomic E-state index is 11.0. The molecule has 1 amide bonds. The number of amides is 1. The molecule has 1 aromatic rings. The first kappa shape index (κ1) is 11.0. The van der Waals surface area contributed by atoms with Crippen LogP contribution in [0.1, 0.15) is 12.5 Å². The maximum atomic E-state index is 11.0. The molecule has 0 aliphatic rings. The Kier molecular flexibility index (Phi) is 3.66. The summed E-state index contributed by atoms with van der Waals surface area (Å²) in [4.78, 5) is 11.0. The normalized spacial score (nSPS) is 11.3. The smallest absolute Gasteiger partial charge is 0.274 e. The van der Waals surface area contributed by atoms with Crippen LogP contribution in [0.5, 0.6) is 5.75 Å². The number of nitrogens with one attached hydrogen (secondary N) is 1. The van der Waals surface area contributed by atoms with E-state index in [0.717, 1.165) is 0 Å². The molecule has 0 bridgehead atoms. The molecule has 1 aromatic carbocycles. The molecule has 0 saturated heterocycles. The molecule has 1 unspecified atom stereocenters. The van der Waals surface area contributed by atoms with Gasteiger partial charge in [0.25, 0.3) is 5.91 Å². The highest BCUT2D eigenvalue weighted by Crippen LogP contribution is 2.13. The van der Waals surface area contributed by atoms with Crippen molar-refractivity contribution in [2.24, 2.45) is 5.84 Å². The van der Waals surface area contributed by atoms with Crippen LogP contribution in [0.25, 0.3) is 0 Å². The Balaban J connectivity index is 2.66. The summed E-state index contributed by atoms with van der Waals surface area (Å²) in [6.07, 6.45) is -0.664. The quantitative estimate of drug-likeness (QED) is 0.422. The molecule has 0 spiro atoms. The van der Waals surface area contributed by atoms with Crippen LogP contribution in [0.3, 0.4) is 0 Å². The first-order valence-electron chi connectivity index (χ1n) is 4.34. The minimum Gasteiger partial charge on any atom is -0.481 e. The van der Waals surface area contributed by atoms with Crippen LogP contribution < -0.4 is 16.0 Å². The molecule has 15 heavy (non-hydrogen) atoms. The fraction of sp³-hybridized carbons (Fsp3) is 0.200. The minimum atomic E-state index is -0.664. The van der Waals surface area contributed by atoms with E-state index in [1.165, 1.54) is 0 Å². The van der Waals surface area contributed by atoms with Gasteiger partial charge in [-0.15, -0.1) is 0 Å². The van der Waals surface area contributed by atoms with Gasteiger partial charge in [0.1, 0.15) is 5.75 Å². The van der Waals surface area contributed by atoms with Gasteiger partial charge in [0.2, 0.25) is 0 Å². The number of hydrogen-bond donors (Lipinski definition) is 2. The number of nitriles is 1. The molecule has 5 heteroatoms. The number of ether oxygens (including phenoxy) is 1. The van der Waals surface area contributed by atoms with Crippen molar-refractivity contribution in [3.05, 3.63) is 29.8 Å². The van der Waals surface area contributed by atoms with Crippen LogP contribution >= 0.6 is 0 Å². The summed E-state index contributed by atoms with van der Waals surface area (Å²) >= 11 is 0. The van der Waals surface area contributed by atoms with Crippen molar-refractivity contribution < 1.29 is 9.53 Å². The van der Waals surface area contributed by atoms with E-state index in [1.54, 1.807) is 31.2 Å². The lowest BCUT2D eigenvalue weighted by molar-refractivity contribution is -0.127. The fourth-order valence-corrected chi connectivity index (χ4v) is 0.983. The van der Waals surface area contributed by atoms with E-state index in [4.69, 9.17) is 15.8 Å². The van der Waals surface area contributed by atoms with Crippen molar-refractivity contribution in [1.82, 2.24) is 5.43 Å². The number of nitrogens with two attached hydrogens (primary N) is 1. The van der Waals surface area contributed by atoms with E-state index in [-0.39, 0.29) is 0 Å². The van der Waals surface area contributed by atoms with Crippen LogP contribution in [0, 0.1) is 11.3 Å². The van der Waals surface area contributed by atoms with E-state index in [9.17, 15) is 4.79 Å². The van der Waals surface area contributed by atoms with Gasteiger partial charge in [-0.05, 0) is 31.2 Å². The van der Waals surface area contributed by atoms with Crippen LogP contribution in [-0.2, 0) is 4.79 Å². The van der Waals surface area contributed by atoms with Crippen molar-refractivity contribution in [2.45, 2.75) is 13.0 Å². The van der Waals surface area contributed by atoms with Crippen molar-refractivity contribution in [3.63, 3.8) is 0 Å². The van der Waals surface area contributed by atoms with E-state index >= 15 is 0 Å². The van der Waals surface area contributed by atoms with Gasteiger partial charge >= 0.3 is 0 Å². The molecule has 78 valence electrons. The molecule has 0 aliphatic heterocycles. The SMILES string of the molecule is CC(Oc1ccc(C#N)cc1)C(=O)NN. The average Bonchev–Trinajstić information content (AvgIpc) is 2.29. The highest BCUT2D eigenvalue weighted by atomic mass is 16.5. The number of carbonyl (C=O) groups is 1. The Morgan fingerprint density at radius 1 is 1.53 bits per heavy atom. The van der Waals surface area contributed by atoms with Crippen molar-refractivity contribution >= 4 is 5.91 Å². The molecule has 0 heterocycles. The number of benzene rings is 1. The molecule has 5 nitrogen and oxygen atoms in total. The standard InChI is InChI=1S/C10H11N3O2/c1-7(10(14)13-12)15-9-4-2-8(6-11)3-5-9/h2-5,7H,12H2,1H3,(H,13,14). The Morgan fingerprint density at radius 3 is 2.60 bits per heavy atom. The third-order valence-electron chi connectivity index (χ3n) is 1.81. The van der Waals surface area contributed by atoms with Gasteiger partial charge < -0.3 is 4.74 Å². The second kappa shape index (κ2) is 4.98.